The van der Waals surface area contributed by atoms with Gasteiger partial charge in [-0.1, -0.05) is 0 Å². The molecule has 2 amide bonds. The Labute approximate surface area is 81.2 Å². The van der Waals surface area contributed by atoms with Crippen LogP contribution in [0.3, 0.4) is 0 Å². The summed E-state index contributed by atoms with van der Waals surface area (Å²) in [5, 5.41) is 14.0. The van der Waals surface area contributed by atoms with Crippen molar-refractivity contribution in [2.45, 2.75) is 31.7 Å². The van der Waals surface area contributed by atoms with Gasteiger partial charge in [-0.25, -0.2) is 9.59 Å². The third-order valence-electron chi connectivity index (χ3n) is 2.65. The minimum absolute atomic E-state index is 0.405. The first-order chi connectivity index (χ1) is 6.68. The zero-order valence-electron chi connectivity index (χ0n) is 7.67. The fourth-order valence-corrected chi connectivity index (χ4v) is 1.99. The molecule has 5 nitrogen and oxygen atoms in total. The van der Waals surface area contributed by atoms with E-state index in [0.717, 1.165) is 37.0 Å². The number of carbonyl (C=O) groups excluding carboxylic acids is 1. The van der Waals surface area contributed by atoms with Gasteiger partial charge in [-0.3, -0.25) is 0 Å². The molecule has 5 heteroatoms. The molecule has 3 N–H and O–H groups in total. The Morgan fingerprint density at radius 1 is 1.36 bits per heavy atom. The summed E-state index contributed by atoms with van der Waals surface area (Å²) < 4.78 is 0. The van der Waals surface area contributed by atoms with Crippen LogP contribution in [0.4, 0.5) is 4.79 Å². The van der Waals surface area contributed by atoms with Crippen LogP contribution in [0, 0.1) is 0 Å². The molecular weight excluding hydrogens is 184 g/mol. The number of carboxylic acids is 1. The van der Waals surface area contributed by atoms with Crippen LogP contribution in [0.2, 0.25) is 0 Å². The molecule has 2 aliphatic rings. The lowest BCUT2D eigenvalue weighted by Gasteiger charge is -2.30. The van der Waals surface area contributed by atoms with Gasteiger partial charge in [-0.2, -0.15) is 0 Å². The van der Waals surface area contributed by atoms with Gasteiger partial charge in [0, 0.05) is 5.70 Å². The van der Waals surface area contributed by atoms with Crippen molar-refractivity contribution >= 4 is 12.0 Å². The Morgan fingerprint density at radius 2 is 2.07 bits per heavy atom. The summed E-state index contributed by atoms with van der Waals surface area (Å²) in [6, 6.07) is -1.22. The van der Waals surface area contributed by atoms with Crippen molar-refractivity contribution in [3.8, 4) is 0 Å². The van der Waals surface area contributed by atoms with E-state index in [9.17, 15) is 9.59 Å². The van der Waals surface area contributed by atoms with Crippen LogP contribution in [0.15, 0.2) is 11.3 Å². The van der Waals surface area contributed by atoms with Gasteiger partial charge in [0.2, 0.25) is 0 Å². The molecule has 0 radical (unpaired) electrons. The molecule has 1 aliphatic carbocycles. The smallest absolute Gasteiger partial charge is 0.330 e. The van der Waals surface area contributed by atoms with Crippen LogP contribution >= 0.6 is 0 Å². The first kappa shape index (κ1) is 9.05. The number of aliphatic carboxylic acids is 1. The standard InChI is InChI=1S/C9H12N2O3/c12-8(13)7-5-3-1-2-4-6(5)10-9(14)11-7/h7H,1-4H2,(H,12,13)(H2,10,11,14). The molecule has 0 spiro atoms. The largest absolute Gasteiger partial charge is 0.479 e. The molecule has 76 valence electrons. The SMILES string of the molecule is O=C1NC2=C(CCCC2)C(C(=O)O)N1. The summed E-state index contributed by atoms with van der Waals surface area (Å²) in [4.78, 5) is 22.0. The van der Waals surface area contributed by atoms with Crippen LogP contribution in [0.1, 0.15) is 25.7 Å². The van der Waals surface area contributed by atoms with Crippen molar-refractivity contribution in [3.63, 3.8) is 0 Å². The Bertz CT molecular complexity index is 322. The molecule has 1 aliphatic heterocycles. The summed E-state index contributed by atoms with van der Waals surface area (Å²) in [5.74, 6) is -0.978. The maximum Gasteiger partial charge on any atom is 0.330 e. The molecule has 0 saturated heterocycles. The molecule has 0 aromatic carbocycles. The van der Waals surface area contributed by atoms with Crippen LogP contribution in [0.5, 0.6) is 0 Å². The third kappa shape index (κ3) is 1.45. The predicted octanol–water partition coefficient (Wildman–Crippen LogP) is 0.581. The lowest BCUT2D eigenvalue weighted by Crippen LogP contribution is -2.52. The monoisotopic (exact) mass is 196 g/mol. The van der Waals surface area contributed by atoms with Crippen LogP contribution in [-0.2, 0) is 4.79 Å². The summed E-state index contributed by atoms with van der Waals surface area (Å²) in [6.07, 6.45) is 3.57. The average Bonchev–Trinajstić information content (AvgIpc) is 2.16. The van der Waals surface area contributed by atoms with Crippen molar-refractivity contribution in [3.05, 3.63) is 11.3 Å². The zero-order valence-corrected chi connectivity index (χ0v) is 7.67. The molecule has 1 unspecified atom stereocenters. The third-order valence-corrected chi connectivity index (χ3v) is 2.65. The van der Waals surface area contributed by atoms with E-state index in [0.29, 0.717) is 0 Å². The second-order valence-corrected chi connectivity index (χ2v) is 3.58. The van der Waals surface area contributed by atoms with Crippen LogP contribution in [-0.4, -0.2) is 23.1 Å². The number of carbonyl (C=O) groups is 2. The Kier molecular flexibility index (Phi) is 2.15. The van der Waals surface area contributed by atoms with E-state index in [4.69, 9.17) is 5.11 Å². The van der Waals surface area contributed by atoms with E-state index in [1.54, 1.807) is 0 Å². The molecule has 0 bridgehead atoms. The highest BCUT2D eigenvalue weighted by Gasteiger charge is 2.32. The summed E-state index contributed by atoms with van der Waals surface area (Å²) in [7, 11) is 0. The first-order valence-corrected chi connectivity index (χ1v) is 4.70. The number of urea groups is 1. The van der Waals surface area contributed by atoms with Gasteiger partial charge in [0.15, 0.2) is 6.04 Å². The minimum atomic E-state index is -0.978. The molecule has 0 fully saturated rings. The Balaban J connectivity index is 2.32. The van der Waals surface area contributed by atoms with Gasteiger partial charge in [0.05, 0.1) is 0 Å². The van der Waals surface area contributed by atoms with Gasteiger partial charge in [-0.05, 0) is 31.3 Å². The number of allylic oxidation sites excluding steroid dienone is 1. The van der Waals surface area contributed by atoms with Crippen molar-refractivity contribution < 1.29 is 14.7 Å². The van der Waals surface area contributed by atoms with Gasteiger partial charge >= 0.3 is 12.0 Å². The maximum absolute atomic E-state index is 11.1. The van der Waals surface area contributed by atoms with Gasteiger partial charge in [0.1, 0.15) is 0 Å². The van der Waals surface area contributed by atoms with E-state index in [1.807, 2.05) is 0 Å². The van der Waals surface area contributed by atoms with Gasteiger partial charge < -0.3 is 15.7 Å². The fourth-order valence-electron chi connectivity index (χ4n) is 1.99. The van der Waals surface area contributed by atoms with E-state index < -0.39 is 18.0 Å². The molecule has 0 aromatic heterocycles. The second kappa shape index (κ2) is 3.32. The van der Waals surface area contributed by atoms with Gasteiger partial charge in [-0.15, -0.1) is 0 Å². The molecule has 0 saturated carbocycles. The van der Waals surface area contributed by atoms with Crippen molar-refractivity contribution in [2.24, 2.45) is 0 Å². The highest BCUT2D eigenvalue weighted by Crippen LogP contribution is 2.27. The van der Waals surface area contributed by atoms with Crippen LogP contribution < -0.4 is 10.6 Å². The highest BCUT2D eigenvalue weighted by molar-refractivity contribution is 5.88. The lowest BCUT2D eigenvalue weighted by molar-refractivity contribution is -0.138. The first-order valence-electron chi connectivity index (χ1n) is 4.70. The number of nitrogens with one attached hydrogen (secondary N) is 2. The summed E-state index contributed by atoms with van der Waals surface area (Å²) in [6.45, 7) is 0. The Morgan fingerprint density at radius 3 is 2.79 bits per heavy atom. The normalized spacial score (nSPS) is 26.3. The molecule has 1 heterocycles. The van der Waals surface area contributed by atoms with Crippen molar-refractivity contribution in [2.75, 3.05) is 0 Å². The quantitative estimate of drug-likeness (QED) is 0.574. The topological polar surface area (TPSA) is 78.4 Å². The Hall–Kier alpha value is -1.52. The fraction of sp³-hybridized carbons (Fsp3) is 0.556. The lowest BCUT2D eigenvalue weighted by atomic mass is 9.90. The van der Waals surface area contributed by atoms with E-state index in [2.05, 4.69) is 10.6 Å². The number of rotatable bonds is 1. The molecule has 1 atom stereocenters. The molecule has 0 aromatic rings. The summed E-state index contributed by atoms with van der Waals surface area (Å²) in [5.41, 5.74) is 1.65. The van der Waals surface area contributed by atoms with E-state index in [1.165, 1.54) is 0 Å². The van der Waals surface area contributed by atoms with Crippen molar-refractivity contribution in [1.82, 2.24) is 10.6 Å². The second-order valence-electron chi connectivity index (χ2n) is 3.58. The molecule has 14 heavy (non-hydrogen) atoms. The zero-order chi connectivity index (χ0) is 10.1. The number of amides is 2. The minimum Gasteiger partial charge on any atom is -0.479 e. The van der Waals surface area contributed by atoms with Crippen molar-refractivity contribution in [1.29, 1.82) is 0 Å². The molecular formula is C9H12N2O3. The van der Waals surface area contributed by atoms with Crippen LogP contribution in [0.25, 0.3) is 0 Å². The van der Waals surface area contributed by atoms with E-state index >= 15 is 0 Å². The average molecular weight is 196 g/mol. The molecule has 2 rings (SSSR count). The number of hydrogen-bond donors (Lipinski definition) is 3. The summed E-state index contributed by atoms with van der Waals surface area (Å²) >= 11 is 0. The number of hydrogen-bond acceptors (Lipinski definition) is 2. The highest BCUT2D eigenvalue weighted by atomic mass is 16.4. The van der Waals surface area contributed by atoms with Gasteiger partial charge in [0.25, 0.3) is 0 Å². The van der Waals surface area contributed by atoms with E-state index in [-0.39, 0.29) is 0 Å². The number of carboxylic acid groups (broad SMARTS) is 1. The maximum atomic E-state index is 11.1. The predicted molar refractivity (Wildman–Crippen MR) is 48.6 cm³/mol.